The summed E-state index contributed by atoms with van der Waals surface area (Å²) in [7, 11) is -3.63. The predicted octanol–water partition coefficient (Wildman–Crippen LogP) is 3.93. The fourth-order valence-electron chi connectivity index (χ4n) is 2.27. The Labute approximate surface area is 141 Å². The van der Waals surface area contributed by atoms with Gasteiger partial charge in [-0.05, 0) is 42.8 Å². The zero-order chi connectivity index (χ0) is 17.0. The van der Waals surface area contributed by atoms with E-state index in [4.69, 9.17) is 0 Å². The maximum atomic E-state index is 12.4. The van der Waals surface area contributed by atoms with Gasteiger partial charge < -0.3 is 5.32 Å². The van der Waals surface area contributed by atoms with Crippen LogP contribution in [-0.4, -0.2) is 13.4 Å². The number of aromatic nitrogens is 1. The highest BCUT2D eigenvalue weighted by Crippen LogP contribution is 2.20. The third-order valence-corrected chi connectivity index (χ3v) is 4.99. The molecule has 0 unspecified atom stereocenters. The molecule has 0 aliphatic carbocycles. The van der Waals surface area contributed by atoms with Gasteiger partial charge in [-0.2, -0.15) is 0 Å². The molecule has 0 saturated heterocycles. The van der Waals surface area contributed by atoms with Crippen molar-refractivity contribution in [3.8, 4) is 0 Å². The molecule has 0 bridgehead atoms. The van der Waals surface area contributed by atoms with Gasteiger partial charge in [-0.1, -0.05) is 36.4 Å². The van der Waals surface area contributed by atoms with Crippen molar-refractivity contribution in [1.82, 2.24) is 4.98 Å². The van der Waals surface area contributed by atoms with Gasteiger partial charge in [0.05, 0.1) is 16.8 Å². The van der Waals surface area contributed by atoms with Crippen LogP contribution in [0.4, 0.5) is 17.2 Å². The fourth-order valence-corrected chi connectivity index (χ4v) is 3.56. The van der Waals surface area contributed by atoms with Crippen LogP contribution in [0.15, 0.2) is 77.8 Å². The summed E-state index contributed by atoms with van der Waals surface area (Å²) < 4.78 is 27.4. The molecular weight excluding hydrogens is 322 g/mol. The van der Waals surface area contributed by atoms with Gasteiger partial charge in [0, 0.05) is 5.69 Å². The van der Waals surface area contributed by atoms with Gasteiger partial charge in [-0.15, -0.1) is 0 Å². The van der Waals surface area contributed by atoms with Crippen LogP contribution in [0, 0.1) is 6.92 Å². The largest absolute Gasteiger partial charge is 0.340 e. The van der Waals surface area contributed by atoms with E-state index in [-0.39, 0.29) is 4.90 Å². The summed E-state index contributed by atoms with van der Waals surface area (Å²) >= 11 is 0. The van der Waals surface area contributed by atoms with Crippen LogP contribution in [0.5, 0.6) is 0 Å². The van der Waals surface area contributed by atoms with Crippen LogP contribution in [0.2, 0.25) is 0 Å². The summed E-state index contributed by atoms with van der Waals surface area (Å²) in [5, 5.41) is 3.15. The highest BCUT2D eigenvalue weighted by atomic mass is 32.2. The number of para-hydroxylation sites is 1. The highest BCUT2D eigenvalue weighted by molar-refractivity contribution is 7.92. The lowest BCUT2D eigenvalue weighted by molar-refractivity contribution is 0.600. The first-order valence-electron chi connectivity index (χ1n) is 7.41. The SMILES string of the molecule is Cc1ccccc1S(=O)(=O)Nc1ccc(Nc2ccccc2)nc1. The van der Waals surface area contributed by atoms with Crippen molar-refractivity contribution in [3.63, 3.8) is 0 Å². The highest BCUT2D eigenvalue weighted by Gasteiger charge is 2.16. The van der Waals surface area contributed by atoms with Crippen molar-refractivity contribution in [1.29, 1.82) is 0 Å². The normalized spacial score (nSPS) is 11.0. The van der Waals surface area contributed by atoms with Crippen LogP contribution in [-0.2, 0) is 10.0 Å². The molecule has 1 heterocycles. The van der Waals surface area contributed by atoms with Gasteiger partial charge in [0.1, 0.15) is 5.82 Å². The minimum Gasteiger partial charge on any atom is -0.340 e. The monoisotopic (exact) mass is 339 g/mol. The molecule has 24 heavy (non-hydrogen) atoms. The molecule has 2 aromatic carbocycles. The van der Waals surface area contributed by atoms with E-state index < -0.39 is 10.0 Å². The number of anilines is 3. The van der Waals surface area contributed by atoms with Crippen molar-refractivity contribution >= 4 is 27.2 Å². The lowest BCUT2D eigenvalue weighted by Gasteiger charge is -2.11. The van der Waals surface area contributed by atoms with Crippen molar-refractivity contribution in [3.05, 3.63) is 78.5 Å². The molecule has 0 fully saturated rings. The van der Waals surface area contributed by atoms with Crippen molar-refractivity contribution in [2.24, 2.45) is 0 Å². The van der Waals surface area contributed by atoms with E-state index in [0.29, 0.717) is 17.1 Å². The maximum absolute atomic E-state index is 12.4. The summed E-state index contributed by atoms with van der Waals surface area (Å²) in [6.07, 6.45) is 1.49. The number of sulfonamides is 1. The molecule has 1 aromatic heterocycles. The Morgan fingerprint density at radius 1 is 0.833 bits per heavy atom. The smallest absolute Gasteiger partial charge is 0.262 e. The minimum absolute atomic E-state index is 0.261. The molecule has 3 rings (SSSR count). The Hall–Kier alpha value is -2.86. The van der Waals surface area contributed by atoms with Gasteiger partial charge in [-0.3, -0.25) is 4.72 Å². The van der Waals surface area contributed by atoms with Crippen LogP contribution in [0.25, 0.3) is 0 Å². The molecule has 5 nitrogen and oxygen atoms in total. The average Bonchev–Trinajstić information content (AvgIpc) is 2.58. The van der Waals surface area contributed by atoms with Gasteiger partial charge in [0.15, 0.2) is 0 Å². The molecule has 0 radical (unpaired) electrons. The van der Waals surface area contributed by atoms with Crippen LogP contribution >= 0.6 is 0 Å². The number of aryl methyl sites for hydroxylation is 1. The number of nitrogens with zero attached hydrogens (tertiary/aromatic N) is 1. The molecule has 0 amide bonds. The van der Waals surface area contributed by atoms with E-state index in [1.165, 1.54) is 6.20 Å². The molecule has 2 N–H and O–H groups in total. The molecule has 3 aromatic rings. The van der Waals surface area contributed by atoms with E-state index >= 15 is 0 Å². The third-order valence-electron chi connectivity index (χ3n) is 3.45. The lowest BCUT2D eigenvalue weighted by Crippen LogP contribution is -2.14. The first kappa shape index (κ1) is 16.0. The second kappa shape index (κ2) is 6.72. The predicted molar refractivity (Wildman–Crippen MR) is 95.9 cm³/mol. The Morgan fingerprint density at radius 3 is 2.21 bits per heavy atom. The second-order valence-corrected chi connectivity index (χ2v) is 6.94. The third kappa shape index (κ3) is 3.72. The van der Waals surface area contributed by atoms with Crippen LogP contribution < -0.4 is 10.0 Å². The fraction of sp³-hybridized carbons (Fsp3) is 0.0556. The second-order valence-electron chi connectivity index (χ2n) is 5.29. The van der Waals surface area contributed by atoms with Crippen LogP contribution in [0.1, 0.15) is 5.56 Å². The number of pyridine rings is 1. The Morgan fingerprint density at radius 2 is 1.54 bits per heavy atom. The zero-order valence-corrected chi connectivity index (χ0v) is 13.9. The summed E-state index contributed by atoms with van der Waals surface area (Å²) in [4.78, 5) is 4.50. The number of hydrogen-bond acceptors (Lipinski definition) is 4. The quantitative estimate of drug-likeness (QED) is 0.739. The molecule has 0 aliphatic rings. The standard InChI is InChI=1S/C18H17N3O2S/c1-14-7-5-6-10-17(14)24(22,23)21-16-11-12-18(19-13-16)20-15-8-3-2-4-9-15/h2-13,21H,1H3,(H,19,20). The minimum atomic E-state index is -3.63. The Balaban J connectivity index is 1.76. The molecule has 6 heteroatoms. The first-order valence-corrected chi connectivity index (χ1v) is 8.89. The van der Waals surface area contributed by atoms with Crippen molar-refractivity contribution in [2.75, 3.05) is 10.0 Å². The summed E-state index contributed by atoms with van der Waals surface area (Å²) in [6, 6.07) is 19.9. The van der Waals surface area contributed by atoms with E-state index in [9.17, 15) is 8.42 Å². The maximum Gasteiger partial charge on any atom is 0.262 e. The Bertz CT molecular complexity index is 924. The van der Waals surface area contributed by atoms with E-state index in [2.05, 4.69) is 15.0 Å². The zero-order valence-electron chi connectivity index (χ0n) is 13.1. The van der Waals surface area contributed by atoms with Gasteiger partial charge in [0.2, 0.25) is 0 Å². The average molecular weight is 339 g/mol. The molecular formula is C18H17N3O2S. The van der Waals surface area contributed by atoms with Gasteiger partial charge in [0.25, 0.3) is 10.0 Å². The summed E-state index contributed by atoms with van der Waals surface area (Å²) in [5.74, 6) is 0.639. The number of nitrogens with one attached hydrogen (secondary N) is 2. The number of rotatable bonds is 5. The topological polar surface area (TPSA) is 71.1 Å². The molecule has 0 spiro atoms. The lowest BCUT2D eigenvalue weighted by atomic mass is 10.2. The van der Waals surface area contributed by atoms with Gasteiger partial charge in [-0.25, -0.2) is 13.4 Å². The Kier molecular flexibility index (Phi) is 4.48. The van der Waals surface area contributed by atoms with E-state index in [1.54, 1.807) is 43.3 Å². The number of hydrogen-bond donors (Lipinski definition) is 2. The summed E-state index contributed by atoms with van der Waals surface area (Å²) in [6.45, 7) is 1.76. The molecule has 0 aliphatic heterocycles. The van der Waals surface area contributed by atoms with E-state index in [1.807, 2.05) is 30.3 Å². The molecule has 122 valence electrons. The van der Waals surface area contributed by atoms with E-state index in [0.717, 1.165) is 5.69 Å². The van der Waals surface area contributed by atoms with Crippen molar-refractivity contribution in [2.45, 2.75) is 11.8 Å². The summed E-state index contributed by atoms with van der Waals surface area (Å²) in [5.41, 5.74) is 2.02. The van der Waals surface area contributed by atoms with Crippen LogP contribution in [0.3, 0.4) is 0 Å². The first-order chi connectivity index (χ1) is 11.5. The number of benzene rings is 2. The molecule has 0 saturated carbocycles. The van der Waals surface area contributed by atoms with Gasteiger partial charge >= 0.3 is 0 Å². The van der Waals surface area contributed by atoms with Crippen molar-refractivity contribution < 1.29 is 8.42 Å². The molecule has 0 atom stereocenters.